The van der Waals surface area contributed by atoms with Gasteiger partial charge in [-0.2, -0.15) is 0 Å². The van der Waals surface area contributed by atoms with E-state index in [1.165, 1.54) is 23.8 Å². The molecule has 3 rings (SSSR count). The van der Waals surface area contributed by atoms with Gasteiger partial charge >= 0.3 is 6.09 Å². The Labute approximate surface area is 178 Å². The lowest BCUT2D eigenvalue weighted by atomic mass is 10.0. The maximum atomic E-state index is 11.4. The lowest BCUT2D eigenvalue weighted by Crippen LogP contribution is -2.17. The largest absolute Gasteiger partial charge is 0.465 e. The average molecular weight is 423 g/mol. The lowest BCUT2D eigenvalue weighted by molar-refractivity contribution is -0.114. The minimum Gasteiger partial charge on any atom is -0.465 e. The zero-order valence-corrected chi connectivity index (χ0v) is 17.3. The van der Waals surface area contributed by atoms with Crippen LogP contribution in [0, 0.1) is 0 Å². The van der Waals surface area contributed by atoms with Crippen molar-refractivity contribution in [2.24, 2.45) is 4.99 Å². The van der Waals surface area contributed by atoms with Crippen molar-refractivity contribution in [2.75, 3.05) is 5.32 Å². The number of aliphatic imine (C=N–C) groups is 1. The molecule has 7 nitrogen and oxygen atoms in total. The van der Waals surface area contributed by atoms with Gasteiger partial charge in [0.1, 0.15) is 0 Å². The molecular formula is C22H22N4O3S. The first-order valence-corrected chi connectivity index (χ1v) is 10.2. The van der Waals surface area contributed by atoms with E-state index in [2.05, 4.69) is 32.7 Å². The number of amides is 2. The van der Waals surface area contributed by atoms with Crippen LogP contribution in [0.25, 0.3) is 0 Å². The number of anilines is 1. The first-order chi connectivity index (χ1) is 14.5. The second-order valence-corrected chi connectivity index (χ2v) is 7.69. The highest BCUT2D eigenvalue weighted by molar-refractivity contribution is 7.15. The third-order valence-corrected chi connectivity index (χ3v) is 5.27. The van der Waals surface area contributed by atoms with Crippen LogP contribution in [0.4, 0.5) is 15.6 Å². The molecule has 30 heavy (non-hydrogen) atoms. The number of aryl methyl sites for hydroxylation is 2. The molecule has 2 amide bonds. The molecule has 0 saturated carbocycles. The summed E-state index contributed by atoms with van der Waals surface area (Å²) < 4.78 is 0. The minimum absolute atomic E-state index is 0.130. The van der Waals surface area contributed by atoms with E-state index in [0.29, 0.717) is 10.8 Å². The summed E-state index contributed by atoms with van der Waals surface area (Å²) in [6.45, 7) is 1.48. The predicted molar refractivity (Wildman–Crippen MR) is 119 cm³/mol. The van der Waals surface area contributed by atoms with Crippen LogP contribution < -0.4 is 10.6 Å². The highest BCUT2D eigenvalue weighted by Gasteiger charge is 2.13. The Balaban J connectivity index is 1.68. The van der Waals surface area contributed by atoms with Crippen LogP contribution in [0.1, 0.15) is 28.6 Å². The summed E-state index contributed by atoms with van der Waals surface area (Å²) in [7, 11) is 0. The molecule has 1 heterocycles. The molecule has 3 N–H and O–H groups in total. The smallest absolute Gasteiger partial charge is 0.409 e. The van der Waals surface area contributed by atoms with Gasteiger partial charge < -0.3 is 10.4 Å². The van der Waals surface area contributed by atoms with Gasteiger partial charge in [0.2, 0.25) is 5.91 Å². The van der Waals surface area contributed by atoms with E-state index in [9.17, 15) is 9.59 Å². The van der Waals surface area contributed by atoms with Crippen LogP contribution in [0.2, 0.25) is 0 Å². The fraction of sp³-hybridized carbons (Fsp3) is 0.182. The maximum Gasteiger partial charge on any atom is 0.409 e. The van der Waals surface area contributed by atoms with Gasteiger partial charge in [0.25, 0.3) is 0 Å². The number of carbonyl (C=O) groups is 2. The molecule has 8 heteroatoms. The topological polar surface area (TPSA) is 104 Å². The molecule has 0 aliphatic carbocycles. The van der Waals surface area contributed by atoms with Crippen LogP contribution in [-0.4, -0.2) is 28.4 Å². The number of nitrogens with one attached hydrogen (secondary N) is 2. The van der Waals surface area contributed by atoms with E-state index in [0.717, 1.165) is 41.7 Å². The highest BCUT2D eigenvalue weighted by atomic mass is 32.1. The number of benzene rings is 2. The van der Waals surface area contributed by atoms with Crippen molar-refractivity contribution in [1.29, 1.82) is 0 Å². The van der Waals surface area contributed by atoms with Crippen LogP contribution >= 0.6 is 11.3 Å². The van der Waals surface area contributed by atoms with Crippen LogP contribution in [0.3, 0.4) is 0 Å². The zero-order chi connectivity index (χ0) is 21.3. The van der Waals surface area contributed by atoms with Gasteiger partial charge in [-0.25, -0.2) is 14.8 Å². The van der Waals surface area contributed by atoms with Gasteiger partial charge in [-0.05, 0) is 36.1 Å². The Kier molecular flexibility index (Phi) is 7.29. The molecule has 0 unspecified atom stereocenters. The number of thiazole rings is 1. The third kappa shape index (κ3) is 6.52. The van der Waals surface area contributed by atoms with Crippen molar-refractivity contribution >= 4 is 40.5 Å². The molecule has 1 aromatic heterocycles. The van der Waals surface area contributed by atoms with Crippen molar-refractivity contribution in [3.8, 4) is 0 Å². The molecule has 2 aromatic carbocycles. The van der Waals surface area contributed by atoms with Crippen molar-refractivity contribution in [3.63, 3.8) is 0 Å². The molecule has 0 spiro atoms. The van der Waals surface area contributed by atoms with Gasteiger partial charge in [-0.3, -0.25) is 10.1 Å². The minimum atomic E-state index is -1.15. The van der Waals surface area contributed by atoms with E-state index >= 15 is 0 Å². The fourth-order valence-corrected chi connectivity index (χ4v) is 3.96. The highest BCUT2D eigenvalue weighted by Crippen LogP contribution is 2.27. The van der Waals surface area contributed by atoms with E-state index in [1.54, 1.807) is 0 Å². The summed E-state index contributed by atoms with van der Waals surface area (Å²) in [5, 5.41) is 14.0. The zero-order valence-electron chi connectivity index (χ0n) is 16.5. The second-order valence-electron chi connectivity index (χ2n) is 6.61. The van der Waals surface area contributed by atoms with Crippen molar-refractivity contribution < 1.29 is 14.7 Å². The first-order valence-electron chi connectivity index (χ1n) is 9.40. The Morgan fingerprint density at radius 2 is 1.80 bits per heavy atom. The molecule has 0 radical (unpaired) electrons. The number of aromatic nitrogens is 1. The predicted octanol–water partition coefficient (Wildman–Crippen LogP) is 4.40. The Hall–Kier alpha value is -3.52. The summed E-state index contributed by atoms with van der Waals surface area (Å²) in [5.41, 5.74) is 3.98. The molecule has 0 atom stereocenters. The molecule has 154 valence electrons. The monoisotopic (exact) mass is 422 g/mol. The number of carboxylic acid groups (broad SMARTS) is 1. The lowest BCUT2D eigenvalue weighted by Gasteiger charge is -2.04. The molecule has 0 aliphatic rings. The van der Waals surface area contributed by atoms with E-state index in [1.807, 2.05) is 42.5 Å². The average Bonchev–Trinajstić information content (AvgIpc) is 3.08. The normalized spacial score (nSPS) is 10.8. The van der Waals surface area contributed by atoms with Crippen molar-refractivity contribution in [2.45, 2.75) is 26.2 Å². The van der Waals surface area contributed by atoms with Gasteiger partial charge in [-0.15, -0.1) is 11.3 Å². The van der Waals surface area contributed by atoms with Gasteiger partial charge in [0, 0.05) is 18.2 Å². The first kappa shape index (κ1) is 21.2. The maximum absolute atomic E-state index is 11.4. The Morgan fingerprint density at radius 3 is 2.47 bits per heavy atom. The number of carbonyl (C=O) groups excluding carboxylic acids is 1. The standard InChI is InChI=1S/C22H22N4O3S/c1-15(27)25-21-26-19(20(30-21)13-17-5-3-2-4-6-17)12-9-16-7-10-18(11-8-16)23-14-24-22(28)29/h2-8,10-11,14H,9,12-13H2,1H3,(H,23,24)(H,28,29)(H,25,26,27). The molecule has 0 aliphatic heterocycles. The quantitative estimate of drug-likeness (QED) is 0.370. The summed E-state index contributed by atoms with van der Waals surface area (Å²) in [6.07, 6.45) is 2.32. The van der Waals surface area contributed by atoms with Gasteiger partial charge in [0.15, 0.2) is 5.13 Å². The van der Waals surface area contributed by atoms with Gasteiger partial charge in [-0.1, -0.05) is 42.5 Å². The molecule has 3 aromatic rings. The van der Waals surface area contributed by atoms with E-state index in [4.69, 9.17) is 5.11 Å². The van der Waals surface area contributed by atoms with Crippen molar-refractivity contribution in [3.05, 3.63) is 76.3 Å². The van der Waals surface area contributed by atoms with Crippen molar-refractivity contribution in [1.82, 2.24) is 10.3 Å². The van der Waals surface area contributed by atoms with Crippen LogP contribution in [-0.2, 0) is 24.1 Å². The third-order valence-electron chi connectivity index (χ3n) is 4.26. The summed E-state index contributed by atoms with van der Waals surface area (Å²) in [6, 6.07) is 17.8. The van der Waals surface area contributed by atoms with Crippen LogP contribution in [0.5, 0.6) is 0 Å². The molecule has 0 fully saturated rings. The SMILES string of the molecule is CC(=O)Nc1nc(CCc2ccc(N=CNC(=O)O)cc2)c(Cc2ccccc2)s1. The van der Waals surface area contributed by atoms with E-state index in [-0.39, 0.29) is 5.91 Å². The number of hydrogen-bond donors (Lipinski definition) is 3. The van der Waals surface area contributed by atoms with Crippen LogP contribution in [0.15, 0.2) is 59.6 Å². The molecular weight excluding hydrogens is 400 g/mol. The summed E-state index contributed by atoms with van der Waals surface area (Å²) in [5.74, 6) is -0.130. The molecule has 0 bridgehead atoms. The molecule has 0 saturated heterocycles. The van der Waals surface area contributed by atoms with Gasteiger partial charge in [0.05, 0.1) is 17.7 Å². The number of hydrogen-bond acceptors (Lipinski definition) is 5. The number of nitrogens with zero attached hydrogens (tertiary/aromatic N) is 2. The Morgan fingerprint density at radius 1 is 1.07 bits per heavy atom. The second kappa shape index (κ2) is 10.3. The van der Waals surface area contributed by atoms with E-state index < -0.39 is 6.09 Å². The summed E-state index contributed by atoms with van der Waals surface area (Å²) in [4.78, 5) is 31.7. The fourth-order valence-electron chi connectivity index (χ4n) is 2.88. The number of rotatable bonds is 8. The summed E-state index contributed by atoms with van der Waals surface area (Å²) >= 11 is 1.51. The Bertz CT molecular complexity index is 1030.